The minimum absolute atomic E-state index is 0.0634. The quantitative estimate of drug-likeness (QED) is 0.833. The first kappa shape index (κ1) is 10.8. The van der Waals surface area contributed by atoms with E-state index in [1.807, 2.05) is 30.3 Å². The summed E-state index contributed by atoms with van der Waals surface area (Å²) in [4.78, 5) is 11.8. The van der Waals surface area contributed by atoms with Crippen LogP contribution in [-0.2, 0) is 0 Å². The number of hydrogen-bond acceptors (Lipinski definition) is 3. The zero-order valence-electron chi connectivity index (χ0n) is 9.72. The lowest BCUT2D eigenvalue weighted by Gasteiger charge is -2.18. The van der Waals surface area contributed by atoms with Gasteiger partial charge in [0.25, 0.3) is 0 Å². The van der Waals surface area contributed by atoms with Crippen LogP contribution in [0.25, 0.3) is 11.1 Å². The van der Waals surface area contributed by atoms with Crippen LogP contribution in [0.1, 0.15) is 16.8 Å². The number of rotatable bonds is 1. The molecule has 0 aromatic heterocycles. The molecular formula is C15H12O3. The minimum atomic E-state index is 0.0634. The molecule has 0 radical (unpaired) electrons. The number of carbonyl (C=O) groups excluding carboxylic acids is 1. The maximum atomic E-state index is 11.8. The van der Waals surface area contributed by atoms with Crippen molar-refractivity contribution in [3.8, 4) is 22.6 Å². The number of hydrogen-bond donors (Lipinski definition) is 1. The number of ketones is 1. The van der Waals surface area contributed by atoms with Crippen molar-refractivity contribution in [2.75, 3.05) is 6.61 Å². The highest BCUT2D eigenvalue weighted by Gasteiger charge is 2.21. The number of phenols is 1. The lowest BCUT2D eigenvalue weighted by Crippen LogP contribution is -2.15. The van der Waals surface area contributed by atoms with Crippen LogP contribution < -0.4 is 4.74 Å². The van der Waals surface area contributed by atoms with Gasteiger partial charge in [-0.1, -0.05) is 30.3 Å². The summed E-state index contributed by atoms with van der Waals surface area (Å²) in [5, 5.41) is 10.0. The predicted molar refractivity (Wildman–Crippen MR) is 68.0 cm³/mol. The van der Waals surface area contributed by atoms with Crippen molar-refractivity contribution in [3.63, 3.8) is 0 Å². The van der Waals surface area contributed by atoms with Gasteiger partial charge in [-0.05, 0) is 11.6 Å². The second-order valence-electron chi connectivity index (χ2n) is 4.25. The van der Waals surface area contributed by atoms with Crippen LogP contribution in [0.3, 0.4) is 0 Å². The summed E-state index contributed by atoms with van der Waals surface area (Å²) >= 11 is 0. The summed E-state index contributed by atoms with van der Waals surface area (Å²) in [5.41, 5.74) is 2.10. The third-order valence-corrected chi connectivity index (χ3v) is 3.07. The number of fused-ring (bicyclic) bond motifs is 1. The summed E-state index contributed by atoms with van der Waals surface area (Å²) in [5.74, 6) is 0.673. The maximum absolute atomic E-state index is 11.8. The van der Waals surface area contributed by atoms with Crippen LogP contribution >= 0.6 is 0 Å². The first-order valence-corrected chi connectivity index (χ1v) is 5.84. The fraction of sp³-hybridized carbons (Fsp3) is 0.133. The highest BCUT2D eigenvalue weighted by molar-refractivity contribution is 6.01. The Hall–Kier alpha value is -2.29. The molecule has 2 aromatic rings. The number of phenolic OH excluding ortho intramolecular Hbond substituents is 1. The summed E-state index contributed by atoms with van der Waals surface area (Å²) in [6, 6.07) is 12.7. The molecule has 18 heavy (non-hydrogen) atoms. The fourth-order valence-electron chi connectivity index (χ4n) is 2.14. The first-order valence-electron chi connectivity index (χ1n) is 5.84. The molecule has 0 unspecified atom stereocenters. The van der Waals surface area contributed by atoms with Crippen molar-refractivity contribution in [1.29, 1.82) is 0 Å². The number of aromatic hydroxyl groups is 1. The molecule has 1 N–H and O–H groups in total. The van der Waals surface area contributed by atoms with Gasteiger partial charge >= 0.3 is 0 Å². The Kier molecular flexibility index (Phi) is 2.52. The molecule has 0 bridgehead atoms. The molecule has 1 aliphatic rings. The van der Waals surface area contributed by atoms with Gasteiger partial charge in [-0.25, -0.2) is 0 Å². The molecule has 90 valence electrons. The zero-order valence-corrected chi connectivity index (χ0v) is 9.72. The van der Waals surface area contributed by atoms with Gasteiger partial charge in [0.05, 0.1) is 12.2 Å². The van der Waals surface area contributed by atoms with Crippen molar-refractivity contribution in [2.24, 2.45) is 0 Å². The Morgan fingerprint density at radius 3 is 2.61 bits per heavy atom. The highest BCUT2D eigenvalue weighted by atomic mass is 16.5. The van der Waals surface area contributed by atoms with E-state index in [0.29, 0.717) is 29.9 Å². The molecular weight excluding hydrogens is 228 g/mol. The van der Waals surface area contributed by atoms with Crippen LogP contribution in [0, 0.1) is 0 Å². The summed E-state index contributed by atoms with van der Waals surface area (Å²) < 4.78 is 5.38. The van der Waals surface area contributed by atoms with E-state index in [9.17, 15) is 9.90 Å². The van der Waals surface area contributed by atoms with Crippen molar-refractivity contribution >= 4 is 5.78 Å². The second-order valence-corrected chi connectivity index (χ2v) is 4.25. The third kappa shape index (κ3) is 1.74. The Morgan fingerprint density at radius 1 is 1.06 bits per heavy atom. The van der Waals surface area contributed by atoms with Crippen molar-refractivity contribution < 1.29 is 14.6 Å². The summed E-state index contributed by atoms with van der Waals surface area (Å²) in [7, 11) is 0. The van der Waals surface area contributed by atoms with Gasteiger partial charge in [0.1, 0.15) is 11.5 Å². The van der Waals surface area contributed by atoms with Gasteiger partial charge in [-0.3, -0.25) is 4.79 Å². The monoisotopic (exact) mass is 240 g/mol. The Morgan fingerprint density at radius 2 is 1.83 bits per heavy atom. The van der Waals surface area contributed by atoms with E-state index in [4.69, 9.17) is 4.74 Å². The molecule has 1 heterocycles. The molecule has 0 amide bonds. The molecule has 0 spiro atoms. The van der Waals surface area contributed by atoms with Crippen LogP contribution in [-0.4, -0.2) is 17.5 Å². The Labute approximate surface area is 105 Å². The van der Waals surface area contributed by atoms with E-state index in [1.165, 1.54) is 6.07 Å². The summed E-state index contributed by atoms with van der Waals surface area (Å²) in [6.45, 7) is 0.385. The van der Waals surface area contributed by atoms with E-state index in [2.05, 4.69) is 0 Å². The van der Waals surface area contributed by atoms with E-state index in [1.54, 1.807) is 6.07 Å². The normalized spacial score (nSPS) is 13.9. The SMILES string of the molecule is O=C1CCOc2cc(O)c(-c3ccccc3)cc21. The van der Waals surface area contributed by atoms with Crippen LogP contribution in [0.15, 0.2) is 42.5 Å². The second kappa shape index (κ2) is 4.18. The molecule has 1 aliphatic heterocycles. The standard InChI is InChI=1S/C15H12O3/c16-13-6-7-18-15-9-14(17)11(8-12(13)15)10-4-2-1-3-5-10/h1-5,8-9,17H,6-7H2. The molecule has 0 saturated heterocycles. The topological polar surface area (TPSA) is 46.5 Å². The number of benzene rings is 2. The van der Waals surface area contributed by atoms with E-state index in [-0.39, 0.29) is 11.5 Å². The van der Waals surface area contributed by atoms with Crippen LogP contribution in [0.5, 0.6) is 11.5 Å². The van der Waals surface area contributed by atoms with Crippen molar-refractivity contribution in [3.05, 3.63) is 48.0 Å². The molecule has 2 aromatic carbocycles. The van der Waals surface area contributed by atoms with Gasteiger partial charge in [-0.2, -0.15) is 0 Å². The molecule has 3 nitrogen and oxygen atoms in total. The van der Waals surface area contributed by atoms with Gasteiger partial charge in [0.15, 0.2) is 5.78 Å². The predicted octanol–water partition coefficient (Wildman–Crippen LogP) is 3.02. The average Bonchev–Trinajstić information content (AvgIpc) is 2.39. The van der Waals surface area contributed by atoms with Crippen LogP contribution in [0.2, 0.25) is 0 Å². The Bertz CT molecular complexity index is 603. The van der Waals surface area contributed by atoms with E-state index in [0.717, 1.165) is 5.56 Å². The van der Waals surface area contributed by atoms with Crippen molar-refractivity contribution in [1.82, 2.24) is 0 Å². The smallest absolute Gasteiger partial charge is 0.170 e. The molecule has 3 heteroatoms. The molecule has 0 atom stereocenters. The van der Waals surface area contributed by atoms with Gasteiger partial charge in [0, 0.05) is 18.1 Å². The van der Waals surface area contributed by atoms with Gasteiger partial charge in [-0.15, -0.1) is 0 Å². The number of Topliss-reactive ketones (excluding diaryl/α,β-unsaturated/α-hetero) is 1. The molecule has 0 fully saturated rings. The molecule has 0 saturated carbocycles. The molecule has 0 aliphatic carbocycles. The van der Waals surface area contributed by atoms with E-state index < -0.39 is 0 Å². The molecule has 3 rings (SSSR count). The third-order valence-electron chi connectivity index (χ3n) is 3.07. The fourth-order valence-corrected chi connectivity index (χ4v) is 2.14. The highest BCUT2D eigenvalue weighted by Crippen LogP contribution is 2.37. The van der Waals surface area contributed by atoms with E-state index >= 15 is 0 Å². The van der Waals surface area contributed by atoms with Crippen molar-refractivity contribution in [2.45, 2.75) is 6.42 Å². The van der Waals surface area contributed by atoms with Gasteiger partial charge < -0.3 is 9.84 Å². The number of ether oxygens (including phenoxy) is 1. The Balaban J connectivity index is 2.17. The zero-order chi connectivity index (χ0) is 12.5. The number of carbonyl (C=O) groups is 1. The average molecular weight is 240 g/mol. The summed E-state index contributed by atoms with van der Waals surface area (Å²) in [6.07, 6.45) is 0.395. The largest absolute Gasteiger partial charge is 0.507 e. The minimum Gasteiger partial charge on any atom is -0.507 e. The van der Waals surface area contributed by atoms with Gasteiger partial charge in [0.2, 0.25) is 0 Å². The maximum Gasteiger partial charge on any atom is 0.170 e. The first-order chi connectivity index (χ1) is 8.75. The lowest BCUT2D eigenvalue weighted by molar-refractivity contribution is 0.0933. The lowest BCUT2D eigenvalue weighted by atomic mass is 9.97. The van der Waals surface area contributed by atoms with Crippen LogP contribution in [0.4, 0.5) is 0 Å².